The lowest BCUT2D eigenvalue weighted by Crippen LogP contribution is -2.32. The highest BCUT2D eigenvalue weighted by Crippen LogP contribution is 2.46. The second kappa shape index (κ2) is 5.00. The molecule has 0 radical (unpaired) electrons. The van der Waals surface area contributed by atoms with Crippen LogP contribution in [0.3, 0.4) is 0 Å². The van der Waals surface area contributed by atoms with Crippen LogP contribution in [0, 0.1) is 5.41 Å². The zero-order chi connectivity index (χ0) is 11.4. The minimum absolute atomic E-state index is 0.124. The third kappa shape index (κ3) is 3.08. The molecule has 1 aliphatic carbocycles. The van der Waals surface area contributed by atoms with Gasteiger partial charge in [-0.25, -0.2) is 0 Å². The van der Waals surface area contributed by atoms with Crippen LogP contribution in [0.4, 0.5) is 0 Å². The van der Waals surface area contributed by atoms with Crippen molar-refractivity contribution in [1.29, 1.82) is 0 Å². The average Bonchev–Trinajstić information content (AvgIpc) is 3.09. The highest BCUT2D eigenvalue weighted by atomic mass is 79.9. The highest BCUT2D eigenvalue weighted by molar-refractivity contribution is 9.09. The lowest BCUT2D eigenvalue weighted by atomic mass is 10.1. The Balaban J connectivity index is 1.77. The molecule has 86 valence electrons. The van der Waals surface area contributed by atoms with E-state index in [4.69, 9.17) is 0 Å². The van der Waals surface area contributed by atoms with Crippen LogP contribution in [0.2, 0.25) is 0 Å². The molecule has 1 saturated carbocycles. The minimum atomic E-state index is 0.124. The number of carbonyl (C=O) groups excluding carboxylic acids is 1. The number of halogens is 1. The molecule has 16 heavy (non-hydrogen) atoms. The van der Waals surface area contributed by atoms with Crippen LogP contribution in [0.25, 0.3) is 0 Å². The topological polar surface area (TPSA) is 29.1 Å². The number of carbonyl (C=O) groups is 1. The Morgan fingerprint density at radius 1 is 1.31 bits per heavy atom. The lowest BCUT2D eigenvalue weighted by Gasteiger charge is -2.12. The number of nitrogens with one attached hydrogen (secondary N) is 1. The monoisotopic (exact) mass is 281 g/mol. The molecule has 0 aromatic heterocycles. The SMILES string of the molecule is O=C(Cc1ccccc1)NCC1(CBr)CC1. The molecule has 1 aliphatic rings. The fourth-order valence-electron chi connectivity index (χ4n) is 1.66. The van der Waals surface area contributed by atoms with Gasteiger partial charge in [0.15, 0.2) is 0 Å². The largest absolute Gasteiger partial charge is 0.355 e. The third-order valence-electron chi connectivity index (χ3n) is 3.11. The molecule has 2 rings (SSSR count). The van der Waals surface area contributed by atoms with Gasteiger partial charge < -0.3 is 5.32 Å². The molecule has 1 aromatic carbocycles. The second-order valence-corrected chi connectivity index (χ2v) is 5.13. The van der Waals surface area contributed by atoms with Gasteiger partial charge in [-0.1, -0.05) is 46.3 Å². The first-order valence-corrected chi connectivity index (χ1v) is 6.73. The highest BCUT2D eigenvalue weighted by Gasteiger charge is 2.41. The van der Waals surface area contributed by atoms with Crippen molar-refractivity contribution in [1.82, 2.24) is 5.32 Å². The van der Waals surface area contributed by atoms with Crippen molar-refractivity contribution < 1.29 is 4.79 Å². The van der Waals surface area contributed by atoms with E-state index in [1.807, 2.05) is 30.3 Å². The van der Waals surface area contributed by atoms with Crippen LogP contribution >= 0.6 is 15.9 Å². The fraction of sp³-hybridized carbons (Fsp3) is 0.462. The van der Waals surface area contributed by atoms with E-state index in [0.29, 0.717) is 11.8 Å². The minimum Gasteiger partial charge on any atom is -0.355 e. The van der Waals surface area contributed by atoms with Gasteiger partial charge in [0.2, 0.25) is 5.91 Å². The molecule has 0 spiro atoms. The predicted octanol–water partition coefficient (Wildman–Crippen LogP) is 2.52. The van der Waals surface area contributed by atoms with Gasteiger partial charge in [-0.05, 0) is 23.8 Å². The molecule has 2 nitrogen and oxygen atoms in total. The summed E-state index contributed by atoms with van der Waals surface area (Å²) in [5, 5.41) is 4.01. The summed E-state index contributed by atoms with van der Waals surface area (Å²) >= 11 is 3.50. The van der Waals surface area contributed by atoms with Crippen molar-refractivity contribution >= 4 is 21.8 Å². The molecule has 0 atom stereocenters. The molecule has 1 N–H and O–H groups in total. The summed E-state index contributed by atoms with van der Waals surface area (Å²) in [5.41, 5.74) is 1.43. The van der Waals surface area contributed by atoms with Gasteiger partial charge in [-0.15, -0.1) is 0 Å². The molecular formula is C13H16BrNO. The van der Waals surface area contributed by atoms with Crippen molar-refractivity contribution in [3.8, 4) is 0 Å². The number of alkyl halides is 1. The lowest BCUT2D eigenvalue weighted by molar-refractivity contribution is -0.120. The second-order valence-electron chi connectivity index (χ2n) is 4.57. The predicted molar refractivity (Wildman–Crippen MR) is 68.6 cm³/mol. The van der Waals surface area contributed by atoms with Crippen molar-refractivity contribution in [2.45, 2.75) is 19.3 Å². The van der Waals surface area contributed by atoms with Crippen LogP contribution in [-0.2, 0) is 11.2 Å². The van der Waals surface area contributed by atoms with Gasteiger partial charge in [0.25, 0.3) is 0 Å². The van der Waals surface area contributed by atoms with Crippen molar-refractivity contribution in [2.75, 3.05) is 11.9 Å². The molecule has 0 aliphatic heterocycles. The number of amides is 1. The third-order valence-corrected chi connectivity index (χ3v) is 4.30. The van der Waals surface area contributed by atoms with E-state index < -0.39 is 0 Å². The summed E-state index contributed by atoms with van der Waals surface area (Å²) < 4.78 is 0. The fourth-order valence-corrected chi connectivity index (χ4v) is 2.42. The Hall–Kier alpha value is -0.830. The molecule has 3 heteroatoms. The van der Waals surface area contributed by atoms with Crippen molar-refractivity contribution in [3.63, 3.8) is 0 Å². The standard InChI is InChI=1S/C13H16BrNO/c14-9-13(6-7-13)10-15-12(16)8-11-4-2-1-3-5-11/h1-5H,6-10H2,(H,15,16). The van der Waals surface area contributed by atoms with Gasteiger partial charge in [0, 0.05) is 11.9 Å². The van der Waals surface area contributed by atoms with Crippen LogP contribution in [0.5, 0.6) is 0 Å². The van der Waals surface area contributed by atoms with E-state index >= 15 is 0 Å². The number of rotatable bonds is 5. The molecule has 0 bridgehead atoms. The summed E-state index contributed by atoms with van der Waals surface area (Å²) in [7, 11) is 0. The number of hydrogen-bond acceptors (Lipinski definition) is 1. The first-order valence-electron chi connectivity index (χ1n) is 5.61. The molecular weight excluding hydrogens is 266 g/mol. The van der Waals surface area contributed by atoms with Crippen LogP contribution in [-0.4, -0.2) is 17.8 Å². The molecule has 1 aromatic rings. The van der Waals surface area contributed by atoms with Gasteiger partial charge in [0.05, 0.1) is 6.42 Å². The van der Waals surface area contributed by atoms with Gasteiger partial charge in [-0.2, -0.15) is 0 Å². The van der Waals surface area contributed by atoms with Gasteiger partial charge in [0.1, 0.15) is 0 Å². The van der Waals surface area contributed by atoms with E-state index in [9.17, 15) is 4.79 Å². The summed E-state index contributed by atoms with van der Waals surface area (Å²) in [5.74, 6) is 0.124. The molecule has 1 fully saturated rings. The summed E-state index contributed by atoms with van der Waals surface area (Å²) in [6.07, 6.45) is 2.94. The van der Waals surface area contributed by atoms with Crippen molar-refractivity contribution in [3.05, 3.63) is 35.9 Å². The normalized spacial score (nSPS) is 16.8. The summed E-state index contributed by atoms with van der Waals surface area (Å²) in [4.78, 5) is 11.7. The zero-order valence-electron chi connectivity index (χ0n) is 9.21. The smallest absolute Gasteiger partial charge is 0.224 e. The quantitative estimate of drug-likeness (QED) is 0.826. The van der Waals surface area contributed by atoms with Crippen LogP contribution in [0.1, 0.15) is 18.4 Å². The van der Waals surface area contributed by atoms with E-state index in [0.717, 1.165) is 17.4 Å². The first-order chi connectivity index (χ1) is 7.74. The number of hydrogen-bond donors (Lipinski definition) is 1. The molecule has 0 heterocycles. The van der Waals surface area contributed by atoms with E-state index in [1.165, 1.54) is 12.8 Å². The number of benzene rings is 1. The zero-order valence-corrected chi connectivity index (χ0v) is 10.8. The maximum absolute atomic E-state index is 11.7. The van der Waals surface area contributed by atoms with Gasteiger partial charge in [-0.3, -0.25) is 4.79 Å². The Labute approximate surface area is 105 Å². The maximum atomic E-state index is 11.7. The van der Waals surface area contributed by atoms with Crippen LogP contribution in [0.15, 0.2) is 30.3 Å². The van der Waals surface area contributed by atoms with Gasteiger partial charge >= 0.3 is 0 Å². The van der Waals surface area contributed by atoms with E-state index in [1.54, 1.807) is 0 Å². The molecule has 1 amide bonds. The van der Waals surface area contributed by atoms with E-state index in [2.05, 4.69) is 21.2 Å². The first kappa shape index (κ1) is 11.6. The summed E-state index contributed by atoms with van der Waals surface area (Å²) in [6, 6.07) is 9.85. The Bertz CT molecular complexity index is 359. The molecule has 0 saturated heterocycles. The van der Waals surface area contributed by atoms with E-state index in [-0.39, 0.29) is 5.91 Å². The molecule has 0 unspecified atom stereocenters. The van der Waals surface area contributed by atoms with Crippen LogP contribution < -0.4 is 5.32 Å². The maximum Gasteiger partial charge on any atom is 0.224 e. The summed E-state index contributed by atoms with van der Waals surface area (Å²) in [6.45, 7) is 0.809. The Morgan fingerprint density at radius 3 is 2.56 bits per heavy atom. The Kier molecular flexibility index (Phi) is 3.64. The Morgan fingerprint density at radius 2 is 2.00 bits per heavy atom. The average molecular weight is 282 g/mol. The van der Waals surface area contributed by atoms with Crippen molar-refractivity contribution in [2.24, 2.45) is 5.41 Å².